The van der Waals surface area contributed by atoms with E-state index in [4.69, 9.17) is 11.6 Å². The molecule has 0 bridgehead atoms. The Bertz CT molecular complexity index is 538. The fraction of sp³-hybridized carbons (Fsp3) is 0.286. The molecule has 1 atom stereocenters. The van der Waals surface area contributed by atoms with Crippen LogP contribution in [0.2, 0.25) is 5.02 Å². The predicted octanol–water partition coefficient (Wildman–Crippen LogP) is 4.35. The van der Waals surface area contributed by atoms with Crippen molar-refractivity contribution in [1.82, 2.24) is 5.32 Å². The molecule has 1 N–H and O–H groups in total. The third kappa shape index (κ3) is 2.91. The molecule has 1 unspecified atom stereocenters. The van der Waals surface area contributed by atoms with E-state index in [9.17, 15) is 4.39 Å². The number of thiophene rings is 1. The van der Waals surface area contributed by atoms with Crippen molar-refractivity contribution in [1.29, 1.82) is 0 Å². The summed E-state index contributed by atoms with van der Waals surface area (Å²) in [5.41, 5.74) is 1.76. The lowest BCUT2D eigenvalue weighted by atomic mass is 10.0. The van der Waals surface area contributed by atoms with Gasteiger partial charge in [-0.3, -0.25) is 0 Å². The van der Waals surface area contributed by atoms with Crippen LogP contribution in [0, 0.1) is 12.7 Å². The van der Waals surface area contributed by atoms with Crippen LogP contribution in [0.25, 0.3) is 0 Å². The average molecular weight is 284 g/mol. The molecule has 0 aliphatic carbocycles. The molecule has 0 aliphatic rings. The molecule has 1 aromatic carbocycles. The number of rotatable bonds is 4. The van der Waals surface area contributed by atoms with Crippen LogP contribution in [0.15, 0.2) is 29.6 Å². The maximum absolute atomic E-state index is 13.3. The Labute approximate surface area is 116 Å². The summed E-state index contributed by atoms with van der Waals surface area (Å²) >= 11 is 7.76. The maximum Gasteiger partial charge on any atom is 0.126 e. The third-order valence-electron chi connectivity index (χ3n) is 3.01. The van der Waals surface area contributed by atoms with E-state index in [1.54, 1.807) is 18.3 Å². The van der Waals surface area contributed by atoms with Crippen LogP contribution in [0.4, 0.5) is 4.39 Å². The molecule has 0 saturated carbocycles. The van der Waals surface area contributed by atoms with Crippen molar-refractivity contribution in [3.05, 3.63) is 56.5 Å². The summed E-state index contributed by atoms with van der Waals surface area (Å²) in [7, 11) is 1.91. The van der Waals surface area contributed by atoms with Gasteiger partial charge in [-0.1, -0.05) is 23.7 Å². The molecule has 96 valence electrons. The van der Waals surface area contributed by atoms with Crippen LogP contribution in [-0.4, -0.2) is 7.05 Å². The molecule has 0 aliphatic heterocycles. The fourth-order valence-electron chi connectivity index (χ4n) is 1.93. The monoisotopic (exact) mass is 283 g/mol. The Morgan fingerprint density at radius 1 is 1.39 bits per heavy atom. The number of likely N-dealkylation sites (N-methyl/N-ethyl adjacent to an activating group) is 1. The highest BCUT2D eigenvalue weighted by Crippen LogP contribution is 2.28. The van der Waals surface area contributed by atoms with Crippen LogP contribution in [0.3, 0.4) is 0 Å². The van der Waals surface area contributed by atoms with E-state index in [0.29, 0.717) is 5.56 Å². The highest BCUT2D eigenvalue weighted by atomic mass is 35.5. The van der Waals surface area contributed by atoms with Crippen LogP contribution in [0.1, 0.15) is 22.0 Å². The van der Waals surface area contributed by atoms with Crippen molar-refractivity contribution < 1.29 is 4.39 Å². The van der Waals surface area contributed by atoms with E-state index in [-0.39, 0.29) is 11.9 Å². The fourth-order valence-corrected chi connectivity index (χ4v) is 3.09. The highest BCUT2D eigenvalue weighted by molar-refractivity contribution is 7.10. The van der Waals surface area contributed by atoms with Crippen LogP contribution >= 0.6 is 22.9 Å². The lowest BCUT2D eigenvalue weighted by Gasteiger charge is -2.17. The van der Waals surface area contributed by atoms with Gasteiger partial charge in [-0.2, -0.15) is 0 Å². The molecule has 1 nitrogen and oxygen atoms in total. The minimum atomic E-state index is -0.164. The summed E-state index contributed by atoms with van der Waals surface area (Å²) in [4.78, 5) is 1.15. The van der Waals surface area contributed by atoms with Crippen molar-refractivity contribution in [2.45, 2.75) is 19.4 Å². The third-order valence-corrected chi connectivity index (χ3v) is 4.42. The SMILES string of the molecule is CNC(Cc1sccc1Cl)c1ccc(F)c(C)c1. The molecule has 0 amide bonds. The van der Waals surface area contributed by atoms with E-state index in [1.165, 1.54) is 6.07 Å². The Morgan fingerprint density at radius 3 is 2.72 bits per heavy atom. The number of hydrogen-bond donors (Lipinski definition) is 1. The van der Waals surface area contributed by atoms with Gasteiger partial charge in [0.2, 0.25) is 0 Å². The van der Waals surface area contributed by atoms with Crippen LogP contribution < -0.4 is 5.32 Å². The summed E-state index contributed by atoms with van der Waals surface area (Å²) in [5.74, 6) is -0.164. The Morgan fingerprint density at radius 2 is 2.17 bits per heavy atom. The van der Waals surface area contributed by atoms with Crippen LogP contribution in [0.5, 0.6) is 0 Å². The van der Waals surface area contributed by atoms with Gasteiger partial charge in [0.25, 0.3) is 0 Å². The van der Waals surface area contributed by atoms with Gasteiger partial charge in [0.15, 0.2) is 0 Å². The molecule has 1 aromatic heterocycles. The standard InChI is InChI=1S/C14H15ClFNS/c1-9-7-10(3-4-12(9)16)13(17-2)8-14-11(15)5-6-18-14/h3-7,13,17H,8H2,1-2H3. The van der Waals surface area contributed by atoms with Crippen LogP contribution in [-0.2, 0) is 6.42 Å². The van der Waals surface area contributed by atoms with Gasteiger partial charge in [0.1, 0.15) is 5.82 Å². The largest absolute Gasteiger partial charge is 0.313 e. The minimum absolute atomic E-state index is 0.153. The second-order valence-electron chi connectivity index (χ2n) is 4.25. The van der Waals surface area contributed by atoms with Gasteiger partial charge in [0, 0.05) is 17.3 Å². The quantitative estimate of drug-likeness (QED) is 0.879. The van der Waals surface area contributed by atoms with Crippen molar-refractivity contribution >= 4 is 22.9 Å². The van der Waals surface area contributed by atoms with Gasteiger partial charge in [0.05, 0.1) is 5.02 Å². The number of benzene rings is 1. The Hall–Kier alpha value is -0.900. The minimum Gasteiger partial charge on any atom is -0.313 e. The Balaban J connectivity index is 2.23. The van der Waals surface area contributed by atoms with Crippen molar-refractivity contribution in [3.8, 4) is 0 Å². The molecule has 1 heterocycles. The smallest absolute Gasteiger partial charge is 0.126 e. The summed E-state index contributed by atoms with van der Waals surface area (Å²) in [6.07, 6.45) is 0.818. The number of aryl methyl sites for hydroxylation is 1. The number of hydrogen-bond acceptors (Lipinski definition) is 2. The molecule has 0 saturated heterocycles. The normalized spacial score (nSPS) is 12.7. The zero-order chi connectivity index (χ0) is 13.1. The molecule has 18 heavy (non-hydrogen) atoms. The van der Waals surface area contributed by atoms with E-state index in [2.05, 4.69) is 5.32 Å². The number of halogens is 2. The molecule has 0 radical (unpaired) electrons. The topological polar surface area (TPSA) is 12.0 Å². The van der Waals surface area contributed by atoms with Gasteiger partial charge in [-0.15, -0.1) is 11.3 Å². The van der Waals surface area contributed by atoms with E-state index in [1.807, 2.05) is 30.6 Å². The van der Waals surface area contributed by atoms with E-state index in [0.717, 1.165) is 21.9 Å². The first-order valence-electron chi connectivity index (χ1n) is 5.77. The molecular weight excluding hydrogens is 269 g/mol. The van der Waals surface area contributed by atoms with Gasteiger partial charge in [-0.25, -0.2) is 4.39 Å². The first-order chi connectivity index (χ1) is 8.61. The molecule has 0 fully saturated rings. The molecule has 2 aromatic rings. The summed E-state index contributed by atoms with van der Waals surface area (Å²) in [6.45, 7) is 1.78. The molecule has 0 spiro atoms. The van der Waals surface area contributed by atoms with Crippen molar-refractivity contribution in [2.24, 2.45) is 0 Å². The lowest BCUT2D eigenvalue weighted by molar-refractivity contribution is 0.586. The predicted molar refractivity (Wildman–Crippen MR) is 76.0 cm³/mol. The second-order valence-corrected chi connectivity index (χ2v) is 5.65. The first-order valence-corrected chi connectivity index (χ1v) is 7.02. The summed E-state index contributed by atoms with van der Waals surface area (Å²) in [5, 5.41) is 6.05. The van der Waals surface area contributed by atoms with E-state index >= 15 is 0 Å². The zero-order valence-corrected chi connectivity index (χ0v) is 11.9. The van der Waals surface area contributed by atoms with Crippen molar-refractivity contribution in [3.63, 3.8) is 0 Å². The lowest BCUT2D eigenvalue weighted by Crippen LogP contribution is -2.18. The van der Waals surface area contributed by atoms with Gasteiger partial charge < -0.3 is 5.32 Å². The molecular formula is C14H15ClFNS. The van der Waals surface area contributed by atoms with Crippen molar-refractivity contribution in [2.75, 3.05) is 7.05 Å². The number of nitrogens with one attached hydrogen (secondary N) is 1. The average Bonchev–Trinajstić information content (AvgIpc) is 2.75. The Kier molecular flexibility index (Phi) is 4.38. The summed E-state index contributed by atoms with van der Waals surface area (Å²) < 4.78 is 13.3. The molecule has 2 rings (SSSR count). The van der Waals surface area contributed by atoms with Gasteiger partial charge in [-0.05, 0) is 42.6 Å². The maximum atomic E-state index is 13.3. The zero-order valence-electron chi connectivity index (χ0n) is 10.3. The van der Waals surface area contributed by atoms with Gasteiger partial charge >= 0.3 is 0 Å². The second kappa shape index (κ2) is 5.83. The first kappa shape index (κ1) is 13.5. The summed E-state index contributed by atoms with van der Waals surface area (Å²) in [6, 6.07) is 7.29. The van der Waals surface area contributed by atoms with E-state index < -0.39 is 0 Å². The molecule has 4 heteroatoms. The highest BCUT2D eigenvalue weighted by Gasteiger charge is 2.14.